The van der Waals surface area contributed by atoms with Gasteiger partial charge < -0.3 is 9.42 Å². The molecule has 0 spiro atoms. The highest BCUT2D eigenvalue weighted by atomic mass is 32.1. The number of rotatable bonds is 6. The van der Waals surface area contributed by atoms with Gasteiger partial charge in [0.2, 0.25) is 11.7 Å². The molecule has 1 saturated heterocycles. The summed E-state index contributed by atoms with van der Waals surface area (Å²) in [4.78, 5) is 11.9. The smallest absolute Gasteiger partial charge is 0.227 e. The lowest BCUT2D eigenvalue weighted by molar-refractivity contribution is 0.208. The number of hydrogen-bond acceptors (Lipinski definition) is 6. The van der Waals surface area contributed by atoms with Crippen LogP contribution in [0.4, 0.5) is 0 Å². The number of nitrogens with zero attached hydrogens (tertiary/aromatic N) is 4. The fraction of sp³-hybridized carbons (Fsp3) is 0.348. The molecule has 6 heteroatoms. The molecule has 0 unspecified atom stereocenters. The van der Waals surface area contributed by atoms with E-state index in [4.69, 9.17) is 9.51 Å². The highest BCUT2D eigenvalue weighted by molar-refractivity contribution is 7.18. The molecular formula is C23H24N4OS. The number of likely N-dealkylation sites (tertiary alicyclic amines) is 1. The third-order valence-electron chi connectivity index (χ3n) is 5.61. The van der Waals surface area contributed by atoms with E-state index in [1.807, 2.05) is 41.7 Å². The monoisotopic (exact) mass is 404 g/mol. The number of thiazole rings is 1. The van der Waals surface area contributed by atoms with Crippen molar-refractivity contribution in [1.29, 1.82) is 0 Å². The van der Waals surface area contributed by atoms with Crippen LogP contribution >= 0.6 is 11.3 Å². The van der Waals surface area contributed by atoms with Gasteiger partial charge in [0.15, 0.2) is 0 Å². The zero-order valence-corrected chi connectivity index (χ0v) is 17.1. The summed E-state index contributed by atoms with van der Waals surface area (Å²) in [5.74, 6) is 2.01. The van der Waals surface area contributed by atoms with Crippen LogP contribution in [0.5, 0.6) is 0 Å². The molecule has 4 aromatic rings. The molecular weight excluding hydrogens is 380 g/mol. The average Bonchev–Trinajstić information content (AvgIpc) is 3.42. The largest absolute Gasteiger partial charge is 0.339 e. The van der Waals surface area contributed by atoms with E-state index in [1.54, 1.807) is 0 Å². The number of hydrogen-bond donors (Lipinski definition) is 0. The number of aromatic nitrogens is 3. The van der Waals surface area contributed by atoms with E-state index >= 15 is 0 Å². The summed E-state index contributed by atoms with van der Waals surface area (Å²) in [6.45, 7) is 3.36. The summed E-state index contributed by atoms with van der Waals surface area (Å²) < 4.78 is 6.73. The van der Waals surface area contributed by atoms with E-state index in [9.17, 15) is 0 Å². The lowest BCUT2D eigenvalue weighted by atomic mass is 9.97. The van der Waals surface area contributed by atoms with Gasteiger partial charge in [-0.1, -0.05) is 47.6 Å². The Morgan fingerprint density at radius 1 is 0.966 bits per heavy atom. The Kier molecular flexibility index (Phi) is 5.37. The quantitative estimate of drug-likeness (QED) is 0.444. The molecule has 0 saturated carbocycles. The van der Waals surface area contributed by atoms with Crippen LogP contribution in [-0.2, 0) is 6.42 Å². The molecule has 2 aromatic heterocycles. The highest BCUT2D eigenvalue weighted by Gasteiger charge is 2.23. The molecule has 0 atom stereocenters. The van der Waals surface area contributed by atoms with Crippen molar-refractivity contribution in [3.63, 3.8) is 0 Å². The summed E-state index contributed by atoms with van der Waals surface area (Å²) in [6.07, 6.45) is 4.26. The molecule has 0 radical (unpaired) electrons. The van der Waals surface area contributed by atoms with Crippen LogP contribution in [0.1, 0.15) is 36.1 Å². The molecule has 3 heterocycles. The first-order valence-electron chi connectivity index (χ1n) is 10.3. The van der Waals surface area contributed by atoms with Crippen molar-refractivity contribution in [1.82, 2.24) is 20.0 Å². The number of para-hydroxylation sites is 1. The summed E-state index contributed by atoms with van der Waals surface area (Å²) in [5.41, 5.74) is 2.14. The summed E-state index contributed by atoms with van der Waals surface area (Å²) in [7, 11) is 0. The Morgan fingerprint density at radius 2 is 1.76 bits per heavy atom. The fourth-order valence-electron chi connectivity index (χ4n) is 3.98. The van der Waals surface area contributed by atoms with Crippen molar-refractivity contribution in [3.05, 3.63) is 65.5 Å². The first-order valence-corrected chi connectivity index (χ1v) is 11.1. The van der Waals surface area contributed by atoms with Gasteiger partial charge in [-0.3, -0.25) is 0 Å². The molecule has 0 amide bonds. The number of fused-ring (bicyclic) bond motifs is 1. The van der Waals surface area contributed by atoms with Crippen molar-refractivity contribution in [3.8, 4) is 11.4 Å². The lowest BCUT2D eigenvalue weighted by Gasteiger charge is -2.30. The van der Waals surface area contributed by atoms with E-state index in [2.05, 4.69) is 39.3 Å². The van der Waals surface area contributed by atoms with E-state index in [0.29, 0.717) is 11.7 Å². The van der Waals surface area contributed by atoms with Gasteiger partial charge in [0, 0.05) is 17.9 Å². The molecule has 2 aromatic carbocycles. The minimum absolute atomic E-state index is 0.605. The molecule has 1 aliphatic heterocycles. The standard InChI is InChI=1S/C23H24N4OS/c1-2-7-17(8-3-1)22-25-21(28-26-22)11-6-14-27-15-12-18(13-16-27)23-24-19-9-4-5-10-20(19)29-23/h1-5,7-10,18H,6,11-16H2. The van der Waals surface area contributed by atoms with Crippen LogP contribution < -0.4 is 0 Å². The summed E-state index contributed by atoms with van der Waals surface area (Å²) in [6, 6.07) is 18.4. The number of piperidine rings is 1. The topological polar surface area (TPSA) is 55.1 Å². The Hall–Kier alpha value is -2.57. The van der Waals surface area contributed by atoms with Gasteiger partial charge in [-0.2, -0.15) is 4.98 Å². The van der Waals surface area contributed by atoms with Crippen LogP contribution in [-0.4, -0.2) is 39.7 Å². The van der Waals surface area contributed by atoms with Gasteiger partial charge in [0.25, 0.3) is 0 Å². The number of benzene rings is 2. The first-order chi connectivity index (χ1) is 14.3. The second-order valence-corrected chi connectivity index (χ2v) is 8.68. The zero-order chi connectivity index (χ0) is 19.5. The third-order valence-corrected chi connectivity index (χ3v) is 6.81. The molecule has 148 valence electrons. The van der Waals surface area contributed by atoms with Crippen molar-refractivity contribution in [2.45, 2.75) is 31.6 Å². The fourth-order valence-corrected chi connectivity index (χ4v) is 5.12. The minimum atomic E-state index is 0.605. The molecule has 1 fully saturated rings. The molecule has 5 rings (SSSR count). The van der Waals surface area contributed by atoms with Gasteiger partial charge in [0.1, 0.15) is 0 Å². The van der Waals surface area contributed by atoms with Crippen LogP contribution in [0.25, 0.3) is 21.6 Å². The van der Waals surface area contributed by atoms with Crippen molar-refractivity contribution in [2.24, 2.45) is 0 Å². The predicted octanol–water partition coefficient (Wildman–Crippen LogP) is 5.16. The molecule has 1 aliphatic rings. The second-order valence-electron chi connectivity index (χ2n) is 7.62. The average molecular weight is 405 g/mol. The van der Waals surface area contributed by atoms with Crippen molar-refractivity contribution in [2.75, 3.05) is 19.6 Å². The zero-order valence-electron chi connectivity index (χ0n) is 16.3. The summed E-state index contributed by atoms with van der Waals surface area (Å²) in [5, 5.41) is 5.42. The van der Waals surface area contributed by atoms with E-state index < -0.39 is 0 Å². The Balaban J connectivity index is 1.10. The van der Waals surface area contributed by atoms with Crippen LogP contribution in [0.2, 0.25) is 0 Å². The van der Waals surface area contributed by atoms with Crippen molar-refractivity contribution < 1.29 is 4.52 Å². The van der Waals surface area contributed by atoms with Crippen LogP contribution in [0.3, 0.4) is 0 Å². The van der Waals surface area contributed by atoms with Gasteiger partial charge in [-0.25, -0.2) is 4.98 Å². The first kappa shape index (κ1) is 18.5. The maximum Gasteiger partial charge on any atom is 0.227 e. The van der Waals surface area contributed by atoms with Gasteiger partial charge >= 0.3 is 0 Å². The number of aryl methyl sites for hydroxylation is 1. The van der Waals surface area contributed by atoms with Gasteiger partial charge in [-0.15, -0.1) is 11.3 Å². The Morgan fingerprint density at radius 3 is 2.59 bits per heavy atom. The third kappa shape index (κ3) is 4.23. The van der Waals surface area contributed by atoms with E-state index in [1.165, 1.54) is 22.5 Å². The maximum absolute atomic E-state index is 5.43. The SMILES string of the molecule is c1ccc(-c2noc(CCCN3CCC(c4nc5ccccc5s4)CC3)n2)cc1. The normalized spacial score (nSPS) is 15.9. The van der Waals surface area contributed by atoms with Crippen molar-refractivity contribution >= 4 is 21.6 Å². The molecule has 0 N–H and O–H groups in total. The van der Waals surface area contributed by atoms with E-state index in [-0.39, 0.29) is 0 Å². The highest BCUT2D eigenvalue weighted by Crippen LogP contribution is 2.33. The minimum Gasteiger partial charge on any atom is -0.339 e. The Bertz CT molecular complexity index is 1030. The van der Waals surface area contributed by atoms with Gasteiger partial charge in [-0.05, 0) is 51.0 Å². The molecule has 5 nitrogen and oxygen atoms in total. The second kappa shape index (κ2) is 8.43. The molecule has 0 aliphatic carbocycles. The maximum atomic E-state index is 5.43. The Labute approximate surface area is 174 Å². The van der Waals surface area contributed by atoms with Gasteiger partial charge in [0.05, 0.1) is 15.2 Å². The van der Waals surface area contributed by atoms with Crippen LogP contribution in [0, 0.1) is 0 Å². The predicted molar refractivity (Wildman–Crippen MR) is 116 cm³/mol. The summed E-state index contributed by atoms with van der Waals surface area (Å²) >= 11 is 1.86. The van der Waals surface area contributed by atoms with Crippen LogP contribution in [0.15, 0.2) is 59.1 Å². The lowest BCUT2D eigenvalue weighted by Crippen LogP contribution is -2.33. The molecule has 0 bridgehead atoms. The molecule has 29 heavy (non-hydrogen) atoms. The van der Waals surface area contributed by atoms with E-state index in [0.717, 1.165) is 49.4 Å².